The molecule has 3 atom stereocenters. The summed E-state index contributed by atoms with van der Waals surface area (Å²) in [6.45, 7) is 5.90. The number of halogens is 1. The summed E-state index contributed by atoms with van der Waals surface area (Å²) in [7, 11) is 0. The summed E-state index contributed by atoms with van der Waals surface area (Å²) in [5, 5.41) is 6.27. The maximum atomic E-state index is 13.7. The van der Waals surface area contributed by atoms with Crippen LogP contribution >= 0.6 is 11.6 Å². The smallest absolute Gasteiger partial charge is 0.246 e. The van der Waals surface area contributed by atoms with E-state index < -0.39 is 23.9 Å². The molecule has 0 aromatic heterocycles. The van der Waals surface area contributed by atoms with Crippen molar-refractivity contribution in [3.63, 3.8) is 0 Å². The van der Waals surface area contributed by atoms with Crippen LogP contribution in [0.5, 0.6) is 0 Å². The molecule has 2 aromatic carbocycles. The van der Waals surface area contributed by atoms with Crippen molar-refractivity contribution in [2.75, 3.05) is 25.0 Å². The molecule has 0 bridgehead atoms. The van der Waals surface area contributed by atoms with E-state index in [4.69, 9.17) is 17.3 Å². The summed E-state index contributed by atoms with van der Waals surface area (Å²) in [4.78, 5) is 56.8. The molecule has 226 valence electrons. The molecule has 9 nitrogen and oxygen atoms in total. The number of hydrogen-bond donors (Lipinski definition) is 3. The number of nitrogens with zero attached hydrogens (tertiary/aromatic N) is 2. The molecule has 1 unspecified atom stereocenters. The quantitative estimate of drug-likeness (QED) is 0.385. The first-order chi connectivity index (χ1) is 20.2. The van der Waals surface area contributed by atoms with Crippen LogP contribution in [-0.2, 0) is 32.1 Å². The van der Waals surface area contributed by atoms with Gasteiger partial charge in [-0.2, -0.15) is 0 Å². The zero-order valence-electron chi connectivity index (χ0n) is 24.5. The molecule has 2 heterocycles. The molecule has 0 radical (unpaired) electrons. The Morgan fingerprint density at radius 2 is 1.81 bits per heavy atom. The maximum Gasteiger partial charge on any atom is 0.246 e. The van der Waals surface area contributed by atoms with Crippen LogP contribution in [0.2, 0.25) is 5.02 Å². The number of benzene rings is 2. The Hall–Kier alpha value is -3.43. The fourth-order valence-corrected chi connectivity index (χ4v) is 5.93. The van der Waals surface area contributed by atoms with Gasteiger partial charge in [0.25, 0.3) is 0 Å². The summed E-state index contributed by atoms with van der Waals surface area (Å²) in [5.74, 6) is -0.586. The molecule has 1 fully saturated rings. The van der Waals surface area contributed by atoms with E-state index in [2.05, 4.69) is 17.6 Å². The lowest BCUT2D eigenvalue weighted by atomic mass is 9.92. The highest BCUT2D eigenvalue weighted by Crippen LogP contribution is 2.26. The highest BCUT2D eigenvalue weighted by Gasteiger charge is 2.36. The van der Waals surface area contributed by atoms with Crippen LogP contribution < -0.4 is 16.4 Å². The highest BCUT2D eigenvalue weighted by atomic mass is 35.5. The first kappa shape index (κ1) is 31.5. The molecular formula is C32H42ClN5O4. The largest absolute Gasteiger partial charge is 0.342 e. The number of carbonyl (C=O) groups excluding carboxylic acids is 4. The molecule has 4 rings (SSSR count). The van der Waals surface area contributed by atoms with E-state index in [0.29, 0.717) is 23.0 Å². The number of aryl methyl sites for hydroxylation is 1. The number of anilines is 1. The minimum Gasteiger partial charge on any atom is -0.342 e. The van der Waals surface area contributed by atoms with Crippen molar-refractivity contribution in [1.29, 1.82) is 0 Å². The van der Waals surface area contributed by atoms with Crippen LogP contribution in [-0.4, -0.2) is 65.1 Å². The molecule has 10 heteroatoms. The van der Waals surface area contributed by atoms with Crippen LogP contribution in [0.4, 0.5) is 5.69 Å². The summed E-state index contributed by atoms with van der Waals surface area (Å²) in [6, 6.07) is 11.2. The number of likely N-dealkylation sites (tertiary alicyclic amines) is 1. The monoisotopic (exact) mass is 595 g/mol. The van der Waals surface area contributed by atoms with Gasteiger partial charge in [-0.25, -0.2) is 0 Å². The van der Waals surface area contributed by atoms with Crippen molar-refractivity contribution in [3.8, 4) is 0 Å². The van der Waals surface area contributed by atoms with E-state index in [0.717, 1.165) is 49.0 Å². The van der Waals surface area contributed by atoms with Crippen LogP contribution in [0.1, 0.15) is 62.1 Å². The summed E-state index contributed by atoms with van der Waals surface area (Å²) in [5.41, 5.74) is 9.12. The van der Waals surface area contributed by atoms with Crippen LogP contribution in [0.3, 0.4) is 0 Å². The number of nitrogens with one attached hydrogen (secondary N) is 2. The number of fused-ring (bicyclic) bond motifs is 1. The summed E-state index contributed by atoms with van der Waals surface area (Å²) < 4.78 is 0. The van der Waals surface area contributed by atoms with E-state index in [1.165, 1.54) is 0 Å². The standard InChI is InChI=1S/C32H42ClN5O4/c1-3-22-7-6-16-37(19-22)29(39)12-13-30(40)38-20-24-9-5-4-8-23(24)18-28(38)32(42)36-27(14-15-34)31(41)35-25-10-11-26(33)21(2)17-25/h4-5,8-11,17,22,27-28H,3,6-7,12-16,18-20,34H2,1-2H3,(H,35,41)(H,36,42)/t22?,27-,28-/m0/s1. The summed E-state index contributed by atoms with van der Waals surface area (Å²) >= 11 is 6.11. The Bertz CT molecular complexity index is 1300. The second-order valence-electron chi connectivity index (χ2n) is 11.4. The lowest BCUT2D eigenvalue weighted by Crippen LogP contribution is -2.56. The van der Waals surface area contributed by atoms with Gasteiger partial charge in [0, 0.05) is 49.6 Å². The molecule has 0 aliphatic carbocycles. The zero-order chi connectivity index (χ0) is 30.2. The van der Waals surface area contributed by atoms with Crippen molar-refractivity contribution in [1.82, 2.24) is 15.1 Å². The molecule has 4 amide bonds. The van der Waals surface area contributed by atoms with Crippen molar-refractivity contribution >= 4 is 40.9 Å². The summed E-state index contributed by atoms with van der Waals surface area (Å²) in [6.07, 6.45) is 3.84. The average Bonchev–Trinajstić information content (AvgIpc) is 3.00. The van der Waals surface area contributed by atoms with Gasteiger partial charge in [0.1, 0.15) is 12.1 Å². The van der Waals surface area contributed by atoms with Crippen molar-refractivity contribution in [2.45, 2.75) is 77.4 Å². The van der Waals surface area contributed by atoms with Gasteiger partial charge in [-0.1, -0.05) is 49.2 Å². The third kappa shape index (κ3) is 7.89. The first-order valence-electron chi connectivity index (χ1n) is 14.9. The fraction of sp³-hybridized carbons (Fsp3) is 0.500. The van der Waals surface area contributed by atoms with E-state index >= 15 is 0 Å². The van der Waals surface area contributed by atoms with Crippen molar-refractivity contribution in [3.05, 3.63) is 64.2 Å². The molecule has 42 heavy (non-hydrogen) atoms. The van der Waals surface area contributed by atoms with Gasteiger partial charge in [-0.15, -0.1) is 0 Å². The number of hydrogen-bond acceptors (Lipinski definition) is 5. The van der Waals surface area contributed by atoms with E-state index in [1.54, 1.807) is 23.1 Å². The lowest BCUT2D eigenvalue weighted by Gasteiger charge is -2.37. The van der Waals surface area contributed by atoms with Gasteiger partial charge in [-0.05, 0) is 73.5 Å². The molecule has 0 spiro atoms. The Labute approximate surface area is 253 Å². The number of piperidine rings is 1. The highest BCUT2D eigenvalue weighted by molar-refractivity contribution is 6.31. The Morgan fingerprint density at radius 1 is 1.07 bits per heavy atom. The van der Waals surface area contributed by atoms with Crippen molar-refractivity contribution in [2.24, 2.45) is 11.7 Å². The zero-order valence-corrected chi connectivity index (χ0v) is 25.3. The SMILES string of the molecule is CCC1CCCN(C(=O)CCC(=O)N2Cc3ccccc3C[C@H]2C(=O)N[C@@H](CCN)C(=O)Nc2ccc(Cl)c(C)c2)C1. The number of amides is 4. The van der Waals surface area contributed by atoms with Gasteiger partial charge < -0.3 is 26.2 Å². The van der Waals surface area contributed by atoms with Gasteiger partial charge in [-0.3, -0.25) is 19.2 Å². The van der Waals surface area contributed by atoms with Crippen LogP contribution in [0.25, 0.3) is 0 Å². The minimum atomic E-state index is -0.889. The molecule has 1 saturated heterocycles. The minimum absolute atomic E-state index is 0.0166. The second-order valence-corrected chi connectivity index (χ2v) is 11.8. The lowest BCUT2D eigenvalue weighted by molar-refractivity contribution is -0.144. The Kier molecular flexibility index (Phi) is 11.0. The maximum absolute atomic E-state index is 13.7. The van der Waals surface area contributed by atoms with E-state index in [9.17, 15) is 19.2 Å². The number of rotatable bonds is 10. The van der Waals surface area contributed by atoms with Crippen molar-refractivity contribution < 1.29 is 19.2 Å². The van der Waals surface area contributed by atoms with Gasteiger partial charge in [0.15, 0.2) is 0 Å². The van der Waals surface area contributed by atoms with E-state index in [-0.39, 0.29) is 44.2 Å². The molecular weight excluding hydrogens is 554 g/mol. The molecule has 2 aliphatic heterocycles. The molecule has 0 saturated carbocycles. The third-order valence-electron chi connectivity index (χ3n) is 8.39. The van der Waals surface area contributed by atoms with Crippen LogP contribution in [0.15, 0.2) is 42.5 Å². The van der Waals surface area contributed by atoms with Gasteiger partial charge in [0.05, 0.1) is 0 Å². The Morgan fingerprint density at radius 3 is 2.52 bits per heavy atom. The topological polar surface area (TPSA) is 125 Å². The van der Waals surface area contributed by atoms with Gasteiger partial charge in [0.2, 0.25) is 23.6 Å². The third-order valence-corrected chi connectivity index (χ3v) is 8.81. The predicted octanol–water partition coefficient (Wildman–Crippen LogP) is 3.80. The predicted molar refractivity (Wildman–Crippen MR) is 164 cm³/mol. The average molecular weight is 596 g/mol. The normalized spacial score (nSPS) is 19.0. The number of carbonyl (C=O) groups is 4. The van der Waals surface area contributed by atoms with E-state index in [1.807, 2.05) is 36.1 Å². The fourth-order valence-electron chi connectivity index (χ4n) is 5.81. The molecule has 2 aromatic rings. The van der Waals surface area contributed by atoms with Gasteiger partial charge >= 0.3 is 0 Å². The molecule has 2 aliphatic rings. The molecule has 4 N–H and O–H groups in total. The van der Waals surface area contributed by atoms with Crippen LogP contribution in [0, 0.1) is 12.8 Å². The first-order valence-corrected chi connectivity index (χ1v) is 15.3. The number of nitrogens with two attached hydrogens (primary N) is 1. The second kappa shape index (κ2) is 14.6. The Balaban J connectivity index is 1.45.